The molecule has 4 aliphatic rings. The first-order chi connectivity index (χ1) is 21.0. The van der Waals surface area contributed by atoms with Gasteiger partial charge in [0.25, 0.3) is 0 Å². The van der Waals surface area contributed by atoms with Gasteiger partial charge in [0, 0.05) is 42.4 Å². The third kappa shape index (κ3) is 5.49. The van der Waals surface area contributed by atoms with Gasteiger partial charge >= 0.3 is 0 Å². The Kier molecular flexibility index (Phi) is 8.39. The minimum absolute atomic E-state index is 0.0000751. The fourth-order valence-corrected chi connectivity index (χ4v) is 6.86. The summed E-state index contributed by atoms with van der Waals surface area (Å²) in [6, 6.07) is 5.51. The molecule has 4 heterocycles. The van der Waals surface area contributed by atoms with E-state index in [4.69, 9.17) is 15.9 Å². The predicted molar refractivity (Wildman–Crippen MR) is 165 cm³/mol. The van der Waals surface area contributed by atoms with Crippen LogP contribution >= 0.6 is 0 Å². The molecule has 0 atom stereocenters. The average Bonchev–Trinajstić information content (AvgIpc) is 3.47. The number of phenols is 1. The maximum Gasteiger partial charge on any atom is 0.175 e. The molecule has 8 nitrogen and oxygen atoms in total. The maximum absolute atomic E-state index is 16.7. The van der Waals surface area contributed by atoms with Gasteiger partial charge in [-0.2, -0.15) is 0 Å². The fraction of sp³-hybridized carbons (Fsp3) is 0.424. The number of fused-ring (bicyclic) bond motifs is 2. The van der Waals surface area contributed by atoms with Crippen LogP contribution in [0.25, 0.3) is 16.5 Å². The molecule has 10 heteroatoms. The molecule has 0 bridgehead atoms. The Balaban J connectivity index is 1.43. The lowest BCUT2D eigenvalue weighted by molar-refractivity contribution is 0.0392. The van der Waals surface area contributed by atoms with Gasteiger partial charge in [-0.25, -0.2) is 13.8 Å². The Morgan fingerprint density at radius 3 is 2.72 bits per heavy atom. The number of rotatable bonds is 7. The third-order valence-corrected chi connectivity index (χ3v) is 8.85. The van der Waals surface area contributed by atoms with Crippen molar-refractivity contribution in [3.63, 3.8) is 0 Å². The van der Waals surface area contributed by atoms with E-state index < -0.39 is 11.6 Å². The number of ether oxygens (including phenoxy) is 2. The Morgan fingerprint density at radius 2 is 1.95 bits per heavy atom. The summed E-state index contributed by atoms with van der Waals surface area (Å²) in [7, 11) is 0. The van der Waals surface area contributed by atoms with Gasteiger partial charge in [0.1, 0.15) is 35.5 Å². The van der Waals surface area contributed by atoms with Crippen molar-refractivity contribution in [2.45, 2.75) is 37.6 Å². The zero-order chi connectivity index (χ0) is 30.0. The van der Waals surface area contributed by atoms with Crippen LogP contribution < -0.4 is 0 Å². The van der Waals surface area contributed by atoms with Crippen LogP contribution in [0.15, 0.2) is 56.5 Å². The first-order valence-electron chi connectivity index (χ1n) is 14.7. The Morgan fingerprint density at radius 1 is 1.14 bits per heavy atom. The number of aliphatic imine (C=N–C) groups is 3. The van der Waals surface area contributed by atoms with Gasteiger partial charge in [0.05, 0.1) is 24.4 Å². The van der Waals surface area contributed by atoms with E-state index in [2.05, 4.69) is 32.5 Å². The van der Waals surface area contributed by atoms with Crippen LogP contribution in [0, 0.1) is 18.2 Å². The largest absolute Gasteiger partial charge is 0.508 e. The number of phenolic OH excluding ortho intramolecular Hbond substituents is 1. The summed E-state index contributed by atoms with van der Waals surface area (Å²) in [5.74, 6) is 1.30. The predicted octanol–water partition coefficient (Wildman–Crippen LogP) is 5.07. The summed E-state index contributed by atoms with van der Waals surface area (Å²) < 4.78 is 43.2. The first-order valence-corrected chi connectivity index (χ1v) is 14.7. The Labute approximate surface area is 250 Å². The summed E-state index contributed by atoms with van der Waals surface area (Å²) in [6.07, 6.45) is 12.4. The molecule has 2 aromatic rings. The number of benzene rings is 2. The molecular formula is C33H35F2N5O3. The van der Waals surface area contributed by atoms with Crippen molar-refractivity contribution in [2.24, 2.45) is 15.0 Å². The molecule has 0 unspecified atom stereocenters. The summed E-state index contributed by atoms with van der Waals surface area (Å²) in [5.41, 5.74) is 0.385. The van der Waals surface area contributed by atoms with Crippen LogP contribution in [0.5, 0.6) is 5.75 Å². The fourth-order valence-electron chi connectivity index (χ4n) is 6.86. The van der Waals surface area contributed by atoms with Crippen molar-refractivity contribution in [1.29, 1.82) is 0 Å². The van der Waals surface area contributed by atoms with Crippen LogP contribution in [0.3, 0.4) is 0 Å². The molecule has 0 amide bonds. The lowest BCUT2D eigenvalue weighted by Gasteiger charge is -2.31. The number of aromatic hydroxyl groups is 1. The van der Waals surface area contributed by atoms with Crippen molar-refractivity contribution in [3.05, 3.63) is 58.4 Å². The number of nitrogens with zero attached hydrogens (tertiary/aromatic N) is 5. The van der Waals surface area contributed by atoms with Gasteiger partial charge in [0.15, 0.2) is 5.83 Å². The maximum atomic E-state index is 16.7. The minimum atomic E-state index is -0.756. The van der Waals surface area contributed by atoms with Gasteiger partial charge in [-0.05, 0) is 75.5 Å². The number of hydrogen-bond acceptors (Lipinski definition) is 8. The number of terminal acetylenes is 1. The summed E-state index contributed by atoms with van der Waals surface area (Å²) in [5, 5.41) is 11.2. The van der Waals surface area contributed by atoms with Crippen molar-refractivity contribution in [3.8, 4) is 18.1 Å². The highest BCUT2D eigenvalue weighted by molar-refractivity contribution is 6.29. The van der Waals surface area contributed by atoms with E-state index in [0.717, 1.165) is 45.2 Å². The monoisotopic (exact) mass is 587 g/mol. The van der Waals surface area contributed by atoms with Gasteiger partial charge in [0.2, 0.25) is 0 Å². The van der Waals surface area contributed by atoms with Crippen molar-refractivity contribution < 1.29 is 23.4 Å². The van der Waals surface area contributed by atoms with Gasteiger partial charge in [-0.3, -0.25) is 14.9 Å². The molecule has 0 spiro atoms. The molecule has 6 rings (SSSR count). The molecule has 1 N–H and O–H groups in total. The highest BCUT2D eigenvalue weighted by Crippen LogP contribution is 2.40. The normalized spacial score (nSPS) is 22.6. The van der Waals surface area contributed by atoms with Crippen molar-refractivity contribution in [2.75, 3.05) is 52.7 Å². The van der Waals surface area contributed by atoms with Crippen molar-refractivity contribution >= 4 is 35.1 Å². The highest BCUT2D eigenvalue weighted by atomic mass is 19.1. The van der Waals surface area contributed by atoms with E-state index in [1.165, 1.54) is 30.5 Å². The molecule has 43 heavy (non-hydrogen) atoms. The van der Waals surface area contributed by atoms with Crippen LogP contribution in [0.2, 0.25) is 0 Å². The summed E-state index contributed by atoms with van der Waals surface area (Å²) in [6.45, 7) is 8.69. The molecule has 3 fully saturated rings. The second-order valence-electron chi connectivity index (χ2n) is 11.3. The smallest absolute Gasteiger partial charge is 0.175 e. The second kappa shape index (κ2) is 12.4. The van der Waals surface area contributed by atoms with E-state index >= 15 is 4.39 Å². The molecule has 3 saturated heterocycles. The first kappa shape index (κ1) is 29.2. The van der Waals surface area contributed by atoms with Crippen molar-refractivity contribution in [1.82, 2.24) is 9.80 Å². The van der Waals surface area contributed by atoms with E-state index in [1.807, 2.05) is 4.90 Å². The topological polar surface area (TPSA) is 82.3 Å². The lowest BCUT2D eigenvalue weighted by atomic mass is 9.94. The average molecular weight is 588 g/mol. The summed E-state index contributed by atoms with van der Waals surface area (Å²) >= 11 is 0. The molecule has 0 radical (unpaired) electrons. The van der Waals surface area contributed by atoms with Gasteiger partial charge in [-0.1, -0.05) is 12.0 Å². The zero-order valence-electron chi connectivity index (χ0n) is 24.1. The van der Waals surface area contributed by atoms with Gasteiger partial charge in [-0.15, -0.1) is 6.42 Å². The second-order valence-corrected chi connectivity index (χ2v) is 11.3. The van der Waals surface area contributed by atoms with E-state index in [0.29, 0.717) is 49.7 Å². The zero-order valence-corrected chi connectivity index (χ0v) is 24.1. The van der Waals surface area contributed by atoms with Crippen LogP contribution in [-0.4, -0.2) is 91.8 Å². The molecule has 4 aliphatic heterocycles. The minimum Gasteiger partial charge on any atom is -0.508 e. The summed E-state index contributed by atoms with van der Waals surface area (Å²) in [4.78, 5) is 17.8. The van der Waals surface area contributed by atoms with Crippen LogP contribution in [0.1, 0.15) is 43.2 Å². The number of halogens is 2. The SMILES string of the molecule is C#Cc1c(F)ccc2cc(O)cc(C3=C(F)C(=NCOCC45CCCN4CCC5)/C(=C(\N=C)N4CCCOCC4)C=N3)c12. The van der Waals surface area contributed by atoms with E-state index in [9.17, 15) is 9.50 Å². The lowest BCUT2D eigenvalue weighted by Crippen LogP contribution is -2.42. The highest BCUT2D eigenvalue weighted by Gasteiger charge is 2.44. The standard InChI is InChI=1S/C33H35F2N5O3/c1-3-24-27(34)8-7-22-17-23(41)18-25(28(22)24)30-29(35)31(38-21-43-20-33-9-4-12-40(33)13-5-10-33)26(19-37-30)32(36-2)39-11-6-15-42-16-14-39/h1,7-8,17-19,41H,2,4-6,9-16,20-21H2/b32-26+,38-31?. The van der Waals surface area contributed by atoms with Crippen LogP contribution in [-0.2, 0) is 9.47 Å². The van der Waals surface area contributed by atoms with Gasteiger partial charge < -0.3 is 19.5 Å². The third-order valence-electron chi connectivity index (χ3n) is 8.85. The molecule has 224 valence electrons. The molecule has 0 saturated carbocycles. The van der Waals surface area contributed by atoms with E-state index in [-0.39, 0.29) is 45.9 Å². The molecule has 0 aromatic heterocycles. The molecule has 2 aromatic carbocycles. The quantitative estimate of drug-likeness (QED) is 0.278. The number of allylic oxidation sites excluding steroid dienone is 2. The number of hydrogen-bond donors (Lipinski definition) is 1. The molecule has 0 aliphatic carbocycles. The van der Waals surface area contributed by atoms with E-state index in [1.54, 1.807) is 0 Å². The Hall–Kier alpha value is -3.91. The Bertz CT molecular complexity index is 1590. The van der Waals surface area contributed by atoms with Crippen LogP contribution in [0.4, 0.5) is 8.78 Å². The molecular weight excluding hydrogens is 552 g/mol.